The van der Waals surface area contributed by atoms with Gasteiger partial charge in [-0.25, -0.2) is 4.39 Å². The lowest BCUT2D eigenvalue weighted by Crippen LogP contribution is -2.29. The van der Waals surface area contributed by atoms with Crippen LogP contribution in [-0.4, -0.2) is 11.7 Å². The topological polar surface area (TPSA) is 24.1 Å². The van der Waals surface area contributed by atoms with Crippen LogP contribution in [0.5, 0.6) is 0 Å². The predicted octanol–water partition coefficient (Wildman–Crippen LogP) is 4.40. The molecule has 0 aliphatic heterocycles. The highest BCUT2D eigenvalue weighted by atomic mass is 35.5. The molecule has 0 fully saturated rings. The SMILES string of the molecule is Fc1ccc(NC(=S)NCCCc2ccc(Cl)cc2)cc1. The van der Waals surface area contributed by atoms with Crippen molar-refractivity contribution in [1.29, 1.82) is 0 Å². The monoisotopic (exact) mass is 322 g/mol. The average Bonchev–Trinajstić information content (AvgIpc) is 2.48. The summed E-state index contributed by atoms with van der Waals surface area (Å²) in [5.74, 6) is -0.262. The van der Waals surface area contributed by atoms with Gasteiger partial charge in [0.1, 0.15) is 5.82 Å². The van der Waals surface area contributed by atoms with E-state index in [1.54, 1.807) is 12.1 Å². The first-order chi connectivity index (χ1) is 10.1. The Bertz CT molecular complexity index is 584. The Hall–Kier alpha value is -1.65. The molecule has 0 aliphatic rings. The highest BCUT2D eigenvalue weighted by Gasteiger charge is 1.98. The number of hydrogen-bond donors (Lipinski definition) is 2. The molecule has 0 saturated carbocycles. The molecule has 2 N–H and O–H groups in total. The van der Waals surface area contributed by atoms with Crippen molar-refractivity contribution < 1.29 is 4.39 Å². The molecule has 110 valence electrons. The third-order valence-electron chi connectivity index (χ3n) is 2.94. The molecule has 0 aromatic heterocycles. The van der Waals surface area contributed by atoms with Crippen LogP contribution < -0.4 is 10.6 Å². The van der Waals surface area contributed by atoms with Gasteiger partial charge >= 0.3 is 0 Å². The first-order valence-corrected chi connectivity index (χ1v) is 7.47. The Kier molecular flexibility index (Phi) is 5.96. The van der Waals surface area contributed by atoms with E-state index in [1.807, 2.05) is 24.3 Å². The molecule has 21 heavy (non-hydrogen) atoms. The summed E-state index contributed by atoms with van der Waals surface area (Å²) in [7, 11) is 0. The molecular weight excluding hydrogens is 307 g/mol. The van der Waals surface area contributed by atoms with Crippen molar-refractivity contribution in [3.05, 3.63) is 64.9 Å². The normalized spacial score (nSPS) is 10.2. The van der Waals surface area contributed by atoms with Gasteiger partial charge in [0.15, 0.2) is 5.11 Å². The van der Waals surface area contributed by atoms with Crippen LogP contribution >= 0.6 is 23.8 Å². The molecule has 0 radical (unpaired) electrons. The van der Waals surface area contributed by atoms with Gasteiger partial charge in [-0.05, 0) is 67.0 Å². The van der Waals surface area contributed by atoms with E-state index in [0.717, 1.165) is 30.1 Å². The summed E-state index contributed by atoms with van der Waals surface area (Å²) in [5.41, 5.74) is 2.02. The highest BCUT2D eigenvalue weighted by Crippen LogP contribution is 2.11. The summed E-state index contributed by atoms with van der Waals surface area (Å²) in [6, 6.07) is 13.9. The zero-order chi connectivity index (χ0) is 15.1. The minimum atomic E-state index is -0.262. The van der Waals surface area contributed by atoms with E-state index in [0.29, 0.717) is 5.11 Å². The van der Waals surface area contributed by atoms with E-state index in [-0.39, 0.29) is 5.82 Å². The van der Waals surface area contributed by atoms with Gasteiger partial charge in [-0.15, -0.1) is 0 Å². The molecule has 0 bridgehead atoms. The molecular formula is C16H16ClFN2S. The van der Waals surface area contributed by atoms with Crippen molar-refractivity contribution in [3.63, 3.8) is 0 Å². The molecule has 0 heterocycles. The van der Waals surface area contributed by atoms with Crippen LogP contribution in [0.3, 0.4) is 0 Å². The van der Waals surface area contributed by atoms with Crippen molar-refractivity contribution in [3.8, 4) is 0 Å². The molecule has 0 spiro atoms. The zero-order valence-corrected chi connectivity index (χ0v) is 13.0. The number of nitrogens with one attached hydrogen (secondary N) is 2. The standard InChI is InChI=1S/C16H16ClFN2S/c17-13-5-3-12(4-6-13)2-1-11-19-16(21)20-15-9-7-14(18)8-10-15/h3-10H,1-2,11H2,(H2,19,20,21). The molecule has 0 unspecified atom stereocenters. The maximum Gasteiger partial charge on any atom is 0.170 e. The van der Waals surface area contributed by atoms with Gasteiger partial charge in [0, 0.05) is 17.3 Å². The zero-order valence-electron chi connectivity index (χ0n) is 11.4. The molecule has 0 aliphatic carbocycles. The van der Waals surface area contributed by atoms with Gasteiger partial charge in [-0.2, -0.15) is 0 Å². The van der Waals surface area contributed by atoms with E-state index in [4.69, 9.17) is 23.8 Å². The Morgan fingerprint density at radius 2 is 1.71 bits per heavy atom. The average molecular weight is 323 g/mol. The molecule has 2 aromatic rings. The summed E-state index contributed by atoms with van der Waals surface area (Å²) < 4.78 is 12.8. The van der Waals surface area contributed by atoms with Gasteiger partial charge in [-0.3, -0.25) is 0 Å². The van der Waals surface area contributed by atoms with Gasteiger partial charge in [0.05, 0.1) is 0 Å². The summed E-state index contributed by atoms with van der Waals surface area (Å²) in [4.78, 5) is 0. The smallest absolute Gasteiger partial charge is 0.170 e. The number of benzene rings is 2. The van der Waals surface area contributed by atoms with Crippen LogP contribution in [0.1, 0.15) is 12.0 Å². The predicted molar refractivity (Wildman–Crippen MR) is 90.4 cm³/mol. The fourth-order valence-electron chi connectivity index (χ4n) is 1.85. The van der Waals surface area contributed by atoms with Crippen LogP contribution in [0, 0.1) is 5.82 Å². The van der Waals surface area contributed by atoms with Gasteiger partial charge < -0.3 is 10.6 Å². The Labute approximate surface area is 134 Å². The van der Waals surface area contributed by atoms with Gasteiger partial charge in [0.2, 0.25) is 0 Å². The highest BCUT2D eigenvalue weighted by molar-refractivity contribution is 7.80. The number of hydrogen-bond acceptors (Lipinski definition) is 1. The lowest BCUT2D eigenvalue weighted by molar-refractivity contribution is 0.628. The fourth-order valence-corrected chi connectivity index (χ4v) is 2.20. The Balaban J connectivity index is 1.67. The second kappa shape index (κ2) is 7.96. The number of rotatable bonds is 5. The fraction of sp³-hybridized carbons (Fsp3) is 0.188. The number of aryl methyl sites for hydroxylation is 1. The number of thiocarbonyl (C=S) groups is 1. The second-order valence-electron chi connectivity index (χ2n) is 4.62. The first kappa shape index (κ1) is 15.7. The third-order valence-corrected chi connectivity index (χ3v) is 3.44. The number of halogens is 2. The maximum atomic E-state index is 12.8. The molecule has 0 atom stereocenters. The molecule has 0 saturated heterocycles. The van der Waals surface area contributed by atoms with E-state index in [2.05, 4.69) is 10.6 Å². The summed E-state index contributed by atoms with van der Waals surface area (Å²) in [6.45, 7) is 0.773. The van der Waals surface area contributed by atoms with Crippen LogP contribution in [0.4, 0.5) is 10.1 Å². The van der Waals surface area contributed by atoms with E-state index < -0.39 is 0 Å². The molecule has 2 nitrogen and oxygen atoms in total. The van der Waals surface area contributed by atoms with E-state index in [9.17, 15) is 4.39 Å². The lowest BCUT2D eigenvalue weighted by Gasteiger charge is -2.10. The molecule has 5 heteroatoms. The Morgan fingerprint density at radius 3 is 2.38 bits per heavy atom. The maximum absolute atomic E-state index is 12.8. The second-order valence-corrected chi connectivity index (χ2v) is 5.46. The van der Waals surface area contributed by atoms with Crippen molar-refractivity contribution in [1.82, 2.24) is 5.32 Å². The van der Waals surface area contributed by atoms with Gasteiger partial charge in [0.25, 0.3) is 0 Å². The largest absolute Gasteiger partial charge is 0.362 e. The molecule has 0 amide bonds. The molecule has 2 aromatic carbocycles. The van der Waals surface area contributed by atoms with Crippen LogP contribution in [0.2, 0.25) is 5.02 Å². The minimum absolute atomic E-state index is 0.262. The Morgan fingerprint density at radius 1 is 1.05 bits per heavy atom. The van der Waals surface area contributed by atoms with Crippen LogP contribution in [-0.2, 0) is 6.42 Å². The van der Waals surface area contributed by atoms with Crippen molar-refractivity contribution in [2.24, 2.45) is 0 Å². The van der Waals surface area contributed by atoms with Crippen molar-refractivity contribution in [2.45, 2.75) is 12.8 Å². The quantitative estimate of drug-likeness (QED) is 0.630. The summed E-state index contributed by atoms with van der Waals surface area (Å²) in [5, 5.41) is 7.43. The number of anilines is 1. The van der Waals surface area contributed by atoms with Gasteiger partial charge in [-0.1, -0.05) is 23.7 Å². The van der Waals surface area contributed by atoms with Crippen LogP contribution in [0.25, 0.3) is 0 Å². The third kappa shape index (κ3) is 5.69. The minimum Gasteiger partial charge on any atom is -0.362 e. The lowest BCUT2D eigenvalue weighted by atomic mass is 10.1. The van der Waals surface area contributed by atoms with Crippen molar-refractivity contribution >= 4 is 34.6 Å². The van der Waals surface area contributed by atoms with E-state index >= 15 is 0 Å². The first-order valence-electron chi connectivity index (χ1n) is 6.68. The van der Waals surface area contributed by atoms with E-state index in [1.165, 1.54) is 17.7 Å². The molecule has 2 rings (SSSR count). The van der Waals surface area contributed by atoms with Crippen LogP contribution in [0.15, 0.2) is 48.5 Å². The summed E-state index contributed by atoms with van der Waals surface area (Å²) >= 11 is 11.0. The van der Waals surface area contributed by atoms with Crippen molar-refractivity contribution in [2.75, 3.05) is 11.9 Å². The summed E-state index contributed by atoms with van der Waals surface area (Å²) in [6.07, 6.45) is 1.93.